The highest BCUT2D eigenvalue weighted by Crippen LogP contribution is 2.16. The van der Waals surface area contributed by atoms with Crippen LogP contribution in [0.25, 0.3) is 0 Å². The highest BCUT2D eigenvalue weighted by atomic mass is 79.9. The molecular formula is C26H56Br2Cl4N4O2. The van der Waals surface area contributed by atoms with Crippen molar-refractivity contribution in [2.24, 2.45) is 0 Å². The number of hydrogen-bond donors (Lipinski definition) is 2. The number of likely N-dealkylation sites (N-methyl/N-ethyl adjacent to an activating group) is 2. The molecule has 2 aliphatic rings. The molecule has 0 amide bonds. The molecule has 234 valence electrons. The Balaban J connectivity index is -0.00000306. The number of hydrogen-bond acceptors (Lipinski definition) is 4. The maximum atomic E-state index is 9.75. The Morgan fingerprint density at radius 2 is 0.842 bits per heavy atom. The molecule has 2 saturated heterocycles. The second-order valence-corrected chi connectivity index (χ2v) is 12.2. The number of aliphatic hydroxyl groups excluding tert-OH is 2. The third-order valence-electron chi connectivity index (χ3n) is 8.26. The summed E-state index contributed by atoms with van der Waals surface area (Å²) in [6, 6.07) is 0. The van der Waals surface area contributed by atoms with Gasteiger partial charge in [-0.25, -0.2) is 0 Å². The standard InChI is InChI=1S/C26H54Cl2N4O2.2BrH.2ClH/c1-31(17-11-29(12-18-31)23-25(33)21-27)15-9-7-5-3-4-6-8-10-16-32(2)19-13-30(14-20-32)24-26(34)22-28;;;;/h25-26,33-34H,3-24H2,1-2H3;4*1H/q+2;;;;/p-2. The van der Waals surface area contributed by atoms with Crippen LogP contribution in [0.2, 0.25) is 0 Å². The summed E-state index contributed by atoms with van der Waals surface area (Å²) < 4.78 is 2.38. The third-order valence-corrected chi connectivity index (χ3v) is 8.98. The molecule has 2 heterocycles. The van der Waals surface area contributed by atoms with E-state index in [4.69, 9.17) is 23.2 Å². The number of unbranched alkanes of at least 4 members (excludes halogenated alkanes) is 7. The lowest BCUT2D eigenvalue weighted by Gasteiger charge is -2.42. The highest BCUT2D eigenvalue weighted by Gasteiger charge is 2.29. The largest absolute Gasteiger partial charge is 1.00 e. The van der Waals surface area contributed by atoms with E-state index in [0.29, 0.717) is 11.8 Å². The van der Waals surface area contributed by atoms with Gasteiger partial charge in [0.15, 0.2) is 0 Å². The van der Waals surface area contributed by atoms with Crippen LogP contribution in [0.4, 0.5) is 0 Å². The van der Waals surface area contributed by atoms with Crippen LogP contribution < -0.4 is 34.0 Å². The van der Waals surface area contributed by atoms with Crippen LogP contribution in [0, 0.1) is 0 Å². The zero-order chi connectivity index (χ0) is 24.9. The molecule has 0 saturated carbocycles. The van der Waals surface area contributed by atoms with Crippen LogP contribution in [0.3, 0.4) is 0 Å². The van der Waals surface area contributed by atoms with Crippen molar-refractivity contribution in [2.75, 3.05) is 104 Å². The van der Waals surface area contributed by atoms with E-state index in [0.717, 1.165) is 39.3 Å². The SMILES string of the molecule is C[N+]1(CCCCCCCCCC[N+]2(C)CCN(CC(O)CCl)CC2)CCN(CC(O)CCl)CC1.Cl.Cl.[Br-].[Br-]. The van der Waals surface area contributed by atoms with Gasteiger partial charge >= 0.3 is 0 Å². The second kappa shape index (κ2) is 24.3. The van der Waals surface area contributed by atoms with Crippen molar-refractivity contribution in [1.29, 1.82) is 0 Å². The molecule has 0 spiro atoms. The lowest BCUT2D eigenvalue weighted by atomic mass is 10.1. The molecule has 12 heteroatoms. The van der Waals surface area contributed by atoms with E-state index < -0.39 is 0 Å². The zero-order valence-corrected chi connectivity index (χ0v) is 30.0. The van der Waals surface area contributed by atoms with E-state index in [2.05, 4.69) is 23.9 Å². The fourth-order valence-corrected chi connectivity index (χ4v) is 5.73. The van der Waals surface area contributed by atoms with E-state index in [1.807, 2.05) is 0 Å². The first-order valence-electron chi connectivity index (χ1n) is 13.9. The van der Waals surface area contributed by atoms with Gasteiger partial charge in [-0.3, -0.25) is 9.80 Å². The van der Waals surface area contributed by atoms with Crippen molar-refractivity contribution in [3.8, 4) is 0 Å². The van der Waals surface area contributed by atoms with Gasteiger partial charge in [0.1, 0.15) is 0 Å². The first-order valence-corrected chi connectivity index (χ1v) is 14.9. The minimum Gasteiger partial charge on any atom is -1.00 e. The minimum absolute atomic E-state index is 0. The molecular weight excluding hydrogens is 702 g/mol. The molecule has 6 nitrogen and oxygen atoms in total. The van der Waals surface area contributed by atoms with E-state index in [1.165, 1.54) is 99.6 Å². The smallest absolute Gasteiger partial charge is 0.0914 e. The molecule has 2 rings (SSSR count). The predicted octanol–water partition coefficient (Wildman–Crippen LogP) is -2.32. The average molecular weight is 758 g/mol. The van der Waals surface area contributed by atoms with Gasteiger partial charge in [-0.1, -0.05) is 25.7 Å². The summed E-state index contributed by atoms with van der Waals surface area (Å²) in [4.78, 5) is 4.73. The molecule has 0 aromatic carbocycles. The molecule has 0 aliphatic carbocycles. The molecule has 2 aliphatic heterocycles. The van der Waals surface area contributed by atoms with Crippen molar-refractivity contribution in [3.63, 3.8) is 0 Å². The predicted molar refractivity (Wildman–Crippen MR) is 159 cm³/mol. The normalized spacial score (nSPS) is 20.7. The molecule has 0 radical (unpaired) electrons. The molecule has 2 unspecified atom stereocenters. The number of nitrogens with zero attached hydrogens (tertiary/aromatic N) is 4. The minimum atomic E-state index is -0.388. The fourth-order valence-electron chi connectivity index (χ4n) is 5.53. The summed E-state index contributed by atoms with van der Waals surface area (Å²) in [5, 5.41) is 19.5. The van der Waals surface area contributed by atoms with Crippen LogP contribution in [-0.2, 0) is 0 Å². The lowest BCUT2D eigenvalue weighted by molar-refractivity contribution is -0.913. The Kier molecular flexibility index (Phi) is 28.4. The Bertz CT molecular complexity index is 499. The number of aliphatic hydroxyl groups is 2. The van der Waals surface area contributed by atoms with Gasteiger partial charge in [0.05, 0.1) is 65.6 Å². The number of β-amino-alcohol motifs (C(OH)–C–C–N with tert-alkyl or cyclic N) is 2. The van der Waals surface area contributed by atoms with E-state index in [-0.39, 0.29) is 71.0 Å². The Morgan fingerprint density at radius 1 is 0.579 bits per heavy atom. The highest BCUT2D eigenvalue weighted by molar-refractivity contribution is 6.18. The number of halogens is 6. The van der Waals surface area contributed by atoms with Gasteiger partial charge in [0.2, 0.25) is 0 Å². The summed E-state index contributed by atoms with van der Waals surface area (Å²) in [6.45, 7) is 13.1. The maximum absolute atomic E-state index is 9.75. The van der Waals surface area contributed by atoms with Gasteiger partial charge < -0.3 is 53.1 Å². The summed E-state index contributed by atoms with van der Waals surface area (Å²) in [5.74, 6) is 0.671. The lowest BCUT2D eigenvalue weighted by Crippen LogP contribution is -3.00. The molecule has 0 aromatic rings. The molecule has 2 fully saturated rings. The Labute approximate surface area is 277 Å². The van der Waals surface area contributed by atoms with Crippen molar-refractivity contribution in [3.05, 3.63) is 0 Å². The van der Waals surface area contributed by atoms with Gasteiger partial charge in [0.25, 0.3) is 0 Å². The van der Waals surface area contributed by atoms with Crippen LogP contribution in [0.1, 0.15) is 51.4 Å². The fraction of sp³-hybridized carbons (Fsp3) is 1.00. The topological polar surface area (TPSA) is 46.9 Å². The van der Waals surface area contributed by atoms with Crippen LogP contribution in [0.5, 0.6) is 0 Å². The van der Waals surface area contributed by atoms with Gasteiger partial charge in [-0.2, -0.15) is 0 Å². The Morgan fingerprint density at radius 3 is 1.11 bits per heavy atom. The first-order chi connectivity index (χ1) is 16.3. The van der Waals surface area contributed by atoms with Crippen molar-refractivity contribution >= 4 is 48.0 Å². The van der Waals surface area contributed by atoms with Gasteiger partial charge in [-0.05, 0) is 25.7 Å². The monoisotopic (exact) mass is 754 g/mol. The molecule has 2 N–H and O–H groups in total. The van der Waals surface area contributed by atoms with Crippen molar-refractivity contribution < 1.29 is 53.1 Å². The summed E-state index contributed by atoms with van der Waals surface area (Å²) in [6.07, 6.45) is 10.2. The molecule has 0 aromatic heterocycles. The average Bonchev–Trinajstić information content (AvgIpc) is 2.83. The third kappa shape index (κ3) is 18.4. The van der Waals surface area contributed by atoms with Crippen molar-refractivity contribution in [1.82, 2.24) is 9.80 Å². The number of piperazine rings is 2. The quantitative estimate of drug-likeness (QED) is 0.0996. The van der Waals surface area contributed by atoms with E-state index in [1.54, 1.807) is 0 Å². The van der Waals surface area contributed by atoms with E-state index >= 15 is 0 Å². The summed E-state index contributed by atoms with van der Waals surface area (Å²) >= 11 is 11.5. The first kappa shape index (κ1) is 44.3. The zero-order valence-electron chi connectivity index (χ0n) is 23.7. The van der Waals surface area contributed by atoms with Crippen LogP contribution >= 0.6 is 48.0 Å². The molecule has 0 bridgehead atoms. The van der Waals surface area contributed by atoms with Gasteiger partial charge in [-0.15, -0.1) is 48.0 Å². The van der Waals surface area contributed by atoms with Crippen LogP contribution in [-0.4, -0.2) is 146 Å². The summed E-state index contributed by atoms with van der Waals surface area (Å²) in [5.41, 5.74) is 0. The second-order valence-electron chi connectivity index (χ2n) is 11.6. The van der Waals surface area contributed by atoms with Crippen LogP contribution in [0.15, 0.2) is 0 Å². The number of quaternary nitrogens is 2. The maximum Gasteiger partial charge on any atom is 0.0914 e. The molecule has 38 heavy (non-hydrogen) atoms. The number of rotatable bonds is 17. The summed E-state index contributed by atoms with van der Waals surface area (Å²) in [7, 11) is 4.81. The van der Waals surface area contributed by atoms with Gasteiger partial charge in [0, 0.05) is 51.0 Å². The molecule has 2 atom stereocenters. The number of alkyl halides is 2. The Hall–Kier alpha value is 1.88. The van der Waals surface area contributed by atoms with E-state index in [9.17, 15) is 10.2 Å². The van der Waals surface area contributed by atoms with Crippen molar-refractivity contribution in [2.45, 2.75) is 63.6 Å².